The molecule has 0 fully saturated rings. The maximum atomic E-state index is 13.1. The Kier molecular flexibility index (Phi) is 5.16. The Labute approximate surface area is 187 Å². The van der Waals surface area contributed by atoms with Crippen LogP contribution in [0.15, 0.2) is 89.0 Å². The van der Waals surface area contributed by atoms with Gasteiger partial charge in [-0.1, -0.05) is 60.3 Å². The van der Waals surface area contributed by atoms with Crippen LogP contribution < -0.4 is 15.9 Å². The molecule has 2 aliphatic heterocycles. The van der Waals surface area contributed by atoms with Crippen LogP contribution in [0, 0.1) is 10.1 Å². The normalized spacial score (nSPS) is 16.9. The van der Waals surface area contributed by atoms with Gasteiger partial charge in [-0.3, -0.25) is 25.2 Å². The van der Waals surface area contributed by atoms with Crippen molar-refractivity contribution < 1.29 is 9.72 Å². The zero-order valence-corrected chi connectivity index (χ0v) is 17.5. The molecule has 0 saturated carbocycles. The van der Waals surface area contributed by atoms with Crippen LogP contribution in [0.2, 0.25) is 0 Å². The molecule has 1 N–H and O–H groups in total. The summed E-state index contributed by atoms with van der Waals surface area (Å²) in [6.07, 6.45) is -0.612. The van der Waals surface area contributed by atoms with E-state index in [1.807, 2.05) is 54.6 Å². The number of hydrogen-bond acceptors (Lipinski definition) is 7. The number of nitrogens with zero attached hydrogens (tertiary/aromatic N) is 4. The molecular weight excluding hydrogens is 426 g/mol. The number of non-ortho nitro benzene ring substituents is 1. The number of nitrogens with one attached hydrogen (secondary N) is 1. The predicted octanol–water partition coefficient (Wildman–Crippen LogP) is 2.67. The van der Waals surface area contributed by atoms with E-state index in [4.69, 9.17) is 10.1 Å². The molecule has 0 bridgehead atoms. The summed E-state index contributed by atoms with van der Waals surface area (Å²) in [4.78, 5) is 28.5. The monoisotopic (exact) mass is 443 g/mol. The number of hydrazone groups is 1. The van der Waals surface area contributed by atoms with E-state index in [1.54, 1.807) is 17.1 Å². The molecule has 0 aromatic heterocycles. The van der Waals surface area contributed by atoms with E-state index in [9.17, 15) is 14.9 Å². The number of hydrogen-bond donors (Lipinski definition) is 1. The molecule has 2 aliphatic rings. The Morgan fingerprint density at radius 2 is 1.72 bits per heavy atom. The summed E-state index contributed by atoms with van der Waals surface area (Å²) in [5.41, 5.74) is 2.22. The van der Waals surface area contributed by atoms with Crippen LogP contribution >= 0.6 is 11.8 Å². The van der Waals surface area contributed by atoms with Crippen molar-refractivity contribution in [2.45, 2.75) is 11.9 Å². The molecule has 1 amide bonds. The molecule has 32 heavy (non-hydrogen) atoms. The summed E-state index contributed by atoms with van der Waals surface area (Å²) in [6, 6.07) is 23.5. The van der Waals surface area contributed by atoms with Crippen LogP contribution in [-0.4, -0.2) is 21.0 Å². The van der Waals surface area contributed by atoms with Gasteiger partial charge in [0.05, 0.1) is 10.3 Å². The predicted molar refractivity (Wildman–Crippen MR) is 122 cm³/mol. The van der Waals surface area contributed by atoms with Gasteiger partial charge in [-0.2, -0.15) is 0 Å². The van der Waals surface area contributed by atoms with Gasteiger partial charge in [0, 0.05) is 23.1 Å². The Morgan fingerprint density at radius 1 is 1.00 bits per heavy atom. The fourth-order valence-corrected chi connectivity index (χ4v) is 4.41. The van der Waals surface area contributed by atoms with Crippen LogP contribution in [0.3, 0.4) is 0 Å². The van der Waals surface area contributed by atoms with Crippen molar-refractivity contribution in [3.8, 4) is 0 Å². The van der Waals surface area contributed by atoms with Crippen LogP contribution in [0.1, 0.15) is 17.3 Å². The molecule has 0 unspecified atom stereocenters. The first kappa shape index (κ1) is 20.0. The van der Waals surface area contributed by atoms with Gasteiger partial charge in [-0.25, -0.2) is 5.01 Å². The van der Waals surface area contributed by atoms with E-state index in [1.165, 1.54) is 23.9 Å². The summed E-state index contributed by atoms with van der Waals surface area (Å²) in [5, 5.41) is 22.1. The number of carbonyl (C=O) groups excluding carboxylic acids is 1. The van der Waals surface area contributed by atoms with Crippen molar-refractivity contribution in [3.63, 3.8) is 0 Å². The van der Waals surface area contributed by atoms with Crippen molar-refractivity contribution in [1.29, 1.82) is 0 Å². The highest BCUT2D eigenvalue weighted by Crippen LogP contribution is 2.31. The molecule has 9 heteroatoms. The van der Waals surface area contributed by atoms with Gasteiger partial charge in [-0.05, 0) is 29.3 Å². The first-order valence-electron chi connectivity index (χ1n) is 9.87. The maximum absolute atomic E-state index is 13.1. The van der Waals surface area contributed by atoms with Gasteiger partial charge < -0.3 is 0 Å². The number of fused-ring (bicyclic) bond motifs is 2. The van der Waals surface area contributed by atoms with Crippen molar-refractivity contribution in [2.75, 3.05) is 0 Å². The highest BCUT2D eigenvalue weighted by molar-refractivity contribution is 8.13. The van der Waals surface area contributed by atoms with E-state index in [0.717, 1.165) is 5.56 Å². The third kappa shape index (κ3) is 3.74. The minimum Gasteiger partial charge on any atom is -0.298 e. The number of benzene rings is 3. The number of amides is 1. The number of rotatable bonds is 4. The summed E-state index contributed by atoms with van der Waals surface area (Å²) in [5.74, 6) is 0.392. The lowest BCUT2D eigenvalue weighted by atomic mass is 10.1. The lowest BCUT2D eigenvalue weighted by molar-refractivity contribution is -0.384. The van der Waals surface area contributed by atoms with Gasteiger partial charge >= 0.3 is 0 Å². The Bertz CT molecular complexity index is 1360. The van der Waals surface area contributed by atoms with E-state index < -0.39 is 11.1 Å². The molecule has 5 rings (SSSR count). The number of nitro benzene ring substituents is 1. The fourth-order valence-electron chi connectivity index (χ4n) is 3.60. The van der Waals surface area contributed by atoms with Crippen LogP contribution in [0.25, 0.3) is 5.70 Å². The standard InChI is InChI=1S/C23H17N5O3S/c29-22-20-18-8-4-5-9-19(18)24-21(16-10-12-17(13-11-16)28(30)31)27(20)26-23(25-22)32-14-15-6-2-1-3-7-15/h1-13,21H,14H2,(H,25,26,29)/t21-/m1/s1. The van der Waals surface area contributed by atoms with Crippen LogP contribution in [0.4, 0.5) is 5.69 Å². The second-order valence-electron chi connectivity index (χ2n) is 7.20. The molecule has 8 nitrogen and oxygen atoms in total. The lowest BCUT2D eigenvalue weighted by Crippen LogP contribution is -2.50. The van der Waals surface area contributed by atoms with Crippen LogP contribution in [0.5, 0.6) is 0 Å². The molecule has 0 radical (unpaired) electrons. The van der Waals surface area contributed by atoms with Gasteiger partial charge in [-0.15, -0.1) is 5.10 Å². The molecule has 1 atom stereocenters. The molecule has 0 saturated heterocycles. The van der Waals surface area contributed by atoms with Gasteiger partial charge in [0.2, 0.25) is 0 Å². The molecular formula is C23H17N5O3S. The molecule has 0 aliphatic carbocycles. The second-order valence-corrected chi connectivity index (χ2v) is 8.16. The van der Waals surface area contributed by atoms with Gasteiger partial charge in [0.25, 0.3) is 11.6 Å². The number of amidine groups is 1. The zero-order chi connectivity index (χ0) is 22.1. The molecule has 3 aromatic carbocycles. The Hall–Kier alpha value is -3.98. The maximum Gasteiger partial charge on any atom is 0.276 e. The topological polar surface area (TPSA) is 100 Å². The summed E-state index contributed by atoms with van der Waals surface area (Å²) >= 11 is 1.43. The van der Waals surface area contributed by atoms with Gasteiger partial charge in [0.1, 0.15) is 5.70 Å². The Morgan fingerprint density at radius 3 is 2.47 bits per heavy atom. The molecule has 158 valence electrons. The van der Waals surface area contributed by atoms with E-state index >= 15 is 0 Å². The number of nitro groups is 1. The second kappa shape index (κ2) is 8.27. The number of thioether (sulfide) groups is 1. The first-order chi connectivity index (χ1) is 15.6. The lowest BCUT2D eigenvalue weighted by Gasteiger charge is -2.34. The summed E-state index contributed by atoms with van der Waals surface area (Å²) in [6.45, 7) is 0. The number of carbonyl (C=O) groups is 1. The minimum absolute atomic E-state index is 0.00634. The van der Waals surface area contributed by atoms with Crippen molar-refractivity contribution in [1.82, 2.24) is 10.3 Å². The van der Waals surface area contributed by atoms with Gasteiger partial charge in [0.15, 0.2) is 11.3 Å². The molecule has 0 spiro atoms. The average Bonchev–Trinajstić information content (AvgIpc) is 2.82. The van der Waals surface area contributed by atoms with Crippen molar-refractivity contribution >= 4 is 34.2 Å². The minimum atomic E-state index is -0.612. The van der Waals surface area contributed by atoms with E-state index in [-0.39, 0.29) is 11.6 Å². The average molecular weight is 443 g/mol. The van der Waals surface area contributed by atoms with Crippen LogP contribution in [-0.2, 0) is 10.5 Å². The highest BCUT2D eigenvalue weighted by atomic mass is 32.2. The number of para-hydroxylation sites is 1. The fraction of sp³-hybridized carbons (Fsp3) is 0.0870. The summed E-state index contributed by atoms with van der Waals surface area (Å²) < 4.78 is 0. The first-order valence-corrected chi connectivity index (χ1v) is 10.9. The SMILES string of the molecule is O=C1NC(SCc2ccccc2)=NN2C1=c1ccccc1=N[C@H]2c1ccc([N+](=O)[O-])cc1. The molecule has 3 aromatic rings. The van der Waals surface area contributed by atoms with E-state index in [2.05, 4.69) is 5.32 Å². The third-order valence-corrected chi connectivity index (χ3v) is 6.07. The quantitative estimate of drug-likeness (QED) is 0.494. The highest BCUT2D eigenvalue weighted by Gasteiger charge is 2.34. The van der Waals surface area contributed by atoms with E-state index in [0.29, 0.717) is 32.8 Å². The Balaban J connectivity index is 1.56. The zero-order valence-electron chi connectivity index (χ0n) is 16.7. The van der Waals surface area contributed by atoms with Crippen molar-refractivity contribution in [3.05, 3.63) is 111 Å². The largest absolute Gasteiger partial charge is 0.298 e. The smallest absolute Gasteiger partial charge is 0.276 e. The van der Waals surface area contributed by atoms with Crippen molar-refractivity contribution in [2.24, 2.45) is 10.1 Å². The molecule has 2 heterocycles. The summed E-state index contributed by atoms with van der Waals surface area (Å²) in [7, 11) is 0. The third-order valence-electron chi connectivity index (χ3n) is 5.14.